The molecule has 1 aliphatic heterocycles. The first-order valence-corrected chi connectivity index (χ1v) is 11.3. The Kier molecular flexibility index (Phi) is 4.92. The van der Waals surface area contributed by atoms with Gasteiger partial charge in [-0.15, -0.1) is 0 Å². The van der Waals surface area contributed by atoms with E-state index < -0.39 is 11.9 Å². The van der Waals surface area contributed by atoms with E-state index in [9.17, 15) is 9.59 Å². The first kappa shape index (κ1) is 20.9. The van der Waals surface area contributed by atoms with E-state index in [0.29, 0.717) is 33.8 Å². The van der Waals surface area contributed by atoms with Gasteiger partial charge in [-0.3, -0.25) is 14.5 Å². The molecule has 0 spiro atoms. The van der Waals surface area contributed by atoms with Gasteiger partial charge in [0.1, 0.15) is 22.9 Å². The molecule has 1 amide bonds. The van der Waals surface area contributed by atoms with Crippen LogP contribution in [-0.4, -0.2) is 10.9 Å². The van der Waals surface area contributed by atoms with Crippen molar-refractivity contribution in [1.82, 2.24) is 4.98 Å². The fraction of sp³-hybridized carbons (Fsp3) is 0.0690. The number of hydrogen-bond donors (Lipinski definition) is 0. The lowest BCUT2D eigenvalue weighted by Gasteiger charge is -2.24. The van der Waals surface area contributed by atoms with Crippen LogP contribution in [0.25, 0.3) is 11.0 Å². The number of amides is 1. The highest BCUT2D eigenvalue weighted by atomic mass is 16.5. The molecular formula is C29H20N2O4. The number of carbonyl (C=O) groups is 1. The minimum Gasteiger partial charge on any atom is -0.457 e. The van der Waals surface area contributed by atoms with Gasteiger partial charge in [-0.2, -0.15) is 0 Å². The molecule has 0 saturated carbocycles. The number of rotatable bonds is 4. The predicted octanol–water partition coefficient (Wildman–Crippen LogP) is 6.04. The van der Waals surface area contributed by atoms with E-state index in [0.717, 1.165) is 11.3 Å². The van der Waals surface area contributed by atoms with Crippen LogP contribution in [0.5, 0.6) is 11.5 Å². The lowest BCUT2D eigenvalue weighted by Crippen LogP contribution is -2.30. The number of aryl methyl sites for hydroxylation is 1. The summed E-state index contributed by atoms with van der Waals surface area (Å²) in [5.74, 6) is 1.37. The van der Waals surface area contributed by atoms with E-state index in [1.165, 1.54) is 4.90 Å². The molecule has 0 fully saturated rings. The molecule has 3 aromatic carbocycles. The van der Waals surface area contributed by atoms with Crippen LogP contribution in [0.4, 0.5) is 5.82 Å². The van der Waals surface area contributed by atoms with Crippen molar-refractivity contribution in [2.75, 3.05) is 4.90 Å². The summed E-state index contributed by atoms with van der Waals surface area (Å²) in [5, 5.41) is 0.430. The van der Waals surface area contributed by atoms with E-state index >= 15 is 0 Å². The van der Waals surface area contributed by atoms with Crippen LogP contribution in [0.1, 0.15) is 33.4 Å². The molecule has 0 radical (unpaired) electrons. The Balaban J connectivity index is 1.56. The summed E-state index contributed by atoms with van der Waals surface area (Å²) in [6.45, 7) is 1.86. The Bertz CT molecular complexity index is 1640. The van der Waals surface area contributed by atoms with Gasteiger partial charge in [0.15, 0.2) is 5.43 Å². The Hall–Kier alpha value is -4.71. The number of aromatic nitrogens is 1. The average molecular weight is 460 g/mol. The molecule has 5 aromatic rings. The van der Waals surface area contributed by atoms with Gasteiger partial charge in [0.2, 0.25) is 5.76 Å². The van der Waals surface area contributed by atoms with Crippen LogP contribution in [0.15, 0.2) is 106 Å². The molecule has 1 atom stereocenters. The second-order valence-electron chi connectivity index (χ2n) is 8.37. The van der Waals surface area contributed by atoms with Gasteiger partial charge in [-0.25, -0.2) is 4.98 Å². The topological polar surface area (TPSA) is 72.6 Å². The smallest absolute Gasteiger partial charge is 0.296 e. The Labute approximate surface area is 201 Å². The first-order chi connectivity index (χ1) is 17.1. The Morgan fingerprint density at radius 2 is 1.57 bits per heavy atom. The zero-order valence-corrected chi connectivity index (χ0v) is 18.8. The van der Waals surface area contributed by atoms with Crippen molar-refractivity contribution >= 4 is 22.7 Å². The number of carbonyl (C=O) groups excluding carboxylic acids is 1. The molecule has 1 aliphatic rings. The van der Waals surface area contributed by atoms with Gasteiger partial charge < -0.3 is 9.15 Å². The SMILES string of the molecule is Cc1cccc(N2C(=O)c3oc4ccccc4c(=O)c3C2c2cccc(Oc3ccccc3)c2)n1. The molecule has 0 aliphatic carbocycles. The molecule has 1 unspecified atom stereocenters. The Morgan fingerprint density at radius 3 is 2.40 bits per heavy atom. The molecule has 0 bridgehead atoms. The lowest BCUT2D eigenvalue weighted by molar-refractivity contribution is 0.0970. The fourth-order valence-electron chi connectivity index (χ4n) is 4.51. The Morgan fingerprint density at radius 1 is 0.829 bits per heavy atom. The molecule has 6 heteroatoms. The summed E-state index contributed by atoms with van der Waals surface area (Å²) in [5.41, 5.74) is 1.93. The number of fused-ring (bicyclic) bond motifs is 2. The standard InChI is InChI=1S/C29H20N2O4/c1-18-9-7-16-24(30-18)31-26(19-10-8-13-21(17-19)34-20-11-3-2-4-12-20)25-27(32)22-14-5-6-15-23(22)35-28(25)29(31)33/h2-17,26H,1H3. The zero-order chi connectivity index (χ0) is 23.9. The fourth-order valence-corrected chi connectivity index (χ4v) is 4.51. The number of pyridine rings is 1. The number of anilines is 1. The van der Waals surface area contributed by atoms with Crippen LogP contribution in [0.3, 0.4) is 0 Å². The van der Waals surface area contributed by atoms with E-state index in [1.807, 2.05) is 73.7 Å². The quantitative estimate of drug-likeness (QED) is 0.327. The number of ether oxygens (including phenoxy) is 1. The summed E-state index contributed by atoms with van der Waals surface area (Å²) in [7, 11) is 0. The molecule has 2 aromatic heterocycles. The largest absolute Gasteiger partial charge is 0.457 e. The van der Waals surface area contributed by atoms with Crippen LogP contribution < -0.4 is 15.1 Å². The third-order valence-electron chi connectivity index (χ3n) is 6.05. The third kappa shape index (κ3) is 3.56. The molecule has 35 heavy (non-hydrogen) atoms. The molecule has 3 heterocycles. The van der Waals surface area contributed by atoms with Gasteiger partial charge in [0, 0.05) is 5.69 Å². The maximum atomic E-state index is 13.7. The van der Waals surface area contributed by atoms with Crippen molar-refractivity contribution in [3.05, 3.63) is 130 Å². The molecule has 6 nitrogen and oxygen atoms in total. The summed E-state index contributed by atoms with van der Waals surface area (Å²) < 4.78 is 12.0. The predicted molar refractivity (Wildman–Crippen MR) is 133 cm³/mol. The van der Waals surface area contributed by atoms with Crippen molar-refractivity contribution in [3.8, 4) is 11.5 Å². The number of para-hydroxylation sites is 2. The van der Waals surface area contributed by atoms with Crippen LogP contribution in [0.2, 0.25) is 0 Å². The lowest BCUT2D eigenvalue weighted by atomic mass is 9.98. The first-order valence-electron chi connectivity index (χ1n) is 11.3. The summed E-state index contributed by atoms with van der Waals surface area (Å²) >= 11 is 0. The second kappa shape index (κ2) is 8.25. The van der Waals surface area contributed by atoms with Gasteiger partial charge >= 0.3 is 0 Å². The third-order valence-corrected chi connectivity index (χ3v) is 6.05. The molecule has 170 valence electrons. The molecular weight excluding hydrogens is 440 g/mol. The molecule has 0 saturated heterocycles. The minimum atomic E-state index is -0.716. The van der Waals surface area contributed by atoms with E-state index in [4.69, 9.17) is 9.15 Å². The van der Waals surface area contributed by atoms with Crippen molar-refractivity contribution < 1.29 is 13.9 Å². The van der Waals surface area contributed by atoms with E-state index in [2.05, 4.69) is 4.98 Å². The van der Waals surface area contributed by atoms with Crippen molar-refractivity contribution in [2.45, 2.75) is 13.0 Å². The van der Waals surface area contributed by atoms with Gasteiger partial charge in [-0.05, 0) is 61.0 Å². The van der Waals surface area contributed by atoms with E-state index in [-0.39, 0.29) is 11.2 Å². The van der Waals surface area contributed by atoms with Gasteiger partial charge in [0.25, 0.3) is 5.91 Å². The molecule has 6 rings (SSSR count). The number of hydrogen-bond acceptors (Lipinski definition) is 5. The van der Waals surface area contributed by atoms with Crippen molar-refractivity contribution in [2.24, 2.45) is 0 Å². The summed E-state index contributed by atoms with van der Waals surface area (Å²) in [4.78, 5) is 33.5. The summed E-state index contributed by atoms with van der Waals surface area (Å²) in [6, 6.07) is 28.6. The van der Waals surface area contributed by atoms with Crippen LogP contribution >= 0.6 is 0 Å². The van der Waals surface area contributed by atoms with Crippen molar-refractivity contribution in [3.63, 3.8) is 0 Å². The van der Waals surface area contributed by atoms with Crippen LogP contribution in [-0.2, 0) is 0 Å². The second-order valence-corrected chi connectivity index (χ2v) is 8.37. The zero-order valence-electron chi connectivity index (χ0n) is 18.8. The normalized spacial score (nSPS) is 14.8. The number of nitrogens with zero attached hydrogens (tertiary/aromatic N) is 2. The number of benzene rings is 3. The maximum absolute atomic E-state index is 13.7. The molecule has 0 N–H and O–H groups in total. The van der Waals surface area contributed by atoms with Crippen molar-refractivity contribution in [1.29, 1.82) is 0 Å². The summed E-state index contributed by atoms with van der Waals surface area (Å²) in [6.07, 6.45) is 0. The minimum absolute atomic E-state index is 0.0383. The monoisotopic (exact) mass is 460 g/mol. The van der Waals surface area contributed by atoms with Crippen LogP contribution in [0, 0.1) is 6.92 Å². The highest BCUT2D eigenvalue weighted by Gasteiger charge is 2.44. The average Bonchev–Trinajstić information content (AvgIpc) is 3.17. The highest BCUT2D eigenvalue weighted by Crippen LogP contribution is 2.41. The highest BCUT2D eigenvalue weighted by molar-refractivity contribution is 6.10. The van der Waals surface area contributed by atoms with E-state index in [1.54, 1.807) is 30.3 Å². The van der Waals surface area contributed by atoms with Gasteiger partial charge in [0.05, 0.1) is 17.0 Å². The van der Waals surface area contributed by atoms with Gasteiger partial charge in [-0.1, -0.05) is 48.5 Å². The maximum Gasteiger partial charge on any atom is 0.296 e.